The van der Waals surface area contributed by atoms with Gasteiger partial charge in [0.1, 0.15) is 5.78 Å². The zero-order valence-electron chi connectivity index (χ0n) is 17.5. The van der Waals surface area contributed by atoms with E-state index in [2.05, 4.69) is 0 Å². The number of ketones is 1. The van der Waals surface area contributed by atoms with Crippen molar-refractivity contribution in [2.24, 2.45) is 11.8 Å². The van der Waals surface area contributed by atoms with Gasteiger partial charge in [-0.15, -0.1) is 0 Å². The summed E-state index contributed by atoms with van der Waals surface area (Å²) in [5, 5.41) is 0. The second kappa shape index (κ2) is 9.37. The summed E-state index contributed by atoms with van der Waals surface area (Å²) in [5.74, 6) is -0.0476. The Morgan fingerprint density at radius 3 is 2.27 bits per heavy atom. The van der Waals surface area contributed by atoms with Crippen molar-refractivity contribution < 1.29 is 27.5 Å². The molecule has 1 aromatic carbocycles. The van der Waals surface area contributed by atoms with Crippen molar-refractivity contribution in [1.82, 2.24) is 9.80 Å². The normalized spacial score (nSPS) is 23.0. The molecule has 2 saturated heterocycles. The SMILES string of the molecule is CC(C)C(=O)CC1CC(c2ccc(C(F)(F)F)cc2)CN(C(=O)N2CCOCC2)C1. The van der Waals surface area contributed by atoms with Crippen LogP contribution in [0.1, 0.15) is 43.7 Å². The third-order valence-electron chi connectivity index (χ3n) is 5.93. The molecule has 5 nitrogen and oxygen atoms in total. The zero-order valence-corrected chi connectivity index (χ0v) is 17.5. The van der Waals surface area contributed by atoms with Crippen LogP contribution in [-0.2, 0) is 15.7 Å². The maximum atomic E-state index is 13.0. The van der Waals surface area contributed by atoms with Gasteiger partial charge < -0.3 is 14.5 Å². The number of benzene rings is 1. The van der Waals surface area contributed by atoms with Gasteiger partial charge in [-0.3, -0.25) is 4.79 Å². The molecule has 0 aromatic heterocycles. The molecule has 1 aromatic rings. The first kappa shape index (κ1) is 22.6. The zero-order chi connectivity index (χ0) is 21.9. The molecule has 2 amide bonds. The lowest BCUT2D eigenvalue weighted by molar-refractivity contribution is -0.137. The fraction of sp³-hybridized carbons (Fsp3) is 0.636. The minimum Gasteiger partial charge on any atom is -0.378 e. The Morgan fingerprint density at radius 2 is 1.70 bits per heavy atom. The van der Waals surface area contributed by atoms with Crippen LogP contribution in [0.2, 0.25) is 0 Å². The minimum absolute atomic E-state index is 0.00840. The van der Waals surface area contributed by atoms with Gasteiger partial charge in [0.25, 0.3) is 0 Å². The van der Waals surface area contributed by atoms with Crippen molar-refractivity contribution in [2.45, 2.75) is 38.8 Å². The third-order valence-corrected chi connectivity index (χ3v) is 5.93. The smallest absolute Gasteiger partial charge is 0.378 e. The van der Waals surface area contributed by atoms with Gasteiger partial charge in [0, 0.05) is 44.4 Å². The van der Waals surface area contributed by atoms with Crippen LogP contribution in [0.3, 0.4) is 0 Å². The number of hydrogen-bond donors (Lipinski definition) is 0. The highest BCUT2D eigenvalue weighted by molar-refractivity contribution is 5.80. The topological polar surface area (TPSA) is 49.9 Å². The Bertz CT molecular complexity index is 743. The van der Waals surface area contributed by atoms with Crippen LogP contribution >= 0.6 is 0 Å². The number of hydrogen-bond acceptors (Lipinski definition) is 3. The number of likely N-dealkylation sites (tertiary alicyclic amines) is 1. The number of carbonyl (C=O) groups excluding carboxylic acids is 2. The second-order valence-corrected chi connectivity index (χ2v) is 8.53. The second-order valence-electron chi connectivity index (χ2n) is 8.53. The van der Waals surface area contributed by atoms with Crippen molar-refractivity contribution in [3.05, 3.63) is 35.4 Å². The van der Waals surface area contributed by atoms with E-state index in [9.17, 15) is 22.8 Å². The Morgan fingerprint density at radius 1 is 1.07 bits per heavy atom. The standard InChI is InChI=1S/C22H29F3N2O3/c1-15(2)20(28)12-16-11-18(17-3-5-19(6-4-17)22(23,24)25)14-27(13-16)21(29)26-7-9-30-10-8-26/h3-6,15-16,18H,7-14H2,1-2H3. The fourth-order valence-electron chi connectivity index (χ4n) is 4.17. The number of alkyl halides is 3. The van der Waals surface area contributed by atoms with E-state index in [1.807, 2.05) is 13.8 Å². The van der Waals surface area contributed by atoms with Gasteiger partial charge in [-0.1, -0.05) is 26.0 Å². The molecular formula is C22H29F3N2O3. The number of urea groups is 1. The predicted octanol–water partition coefficient (Wildman–Crippen LogP) is 4.18. The lowest BCUT2D eigenvalue weighted by Gasteiger charge is -2.41. The molecule has 2 aliphatic heterocycles. The first-order valence-corrected chi connectivity index (χ1v) is 10.5. The summed E-state index contributed by atoms with van der Waals surface area (Å²) in [4.78, 5) is 28.9. The van der Waals surface area contributed by atoms with Crippen molar-refractivity contribution >= 4 is 11.8 Å². The molecule has 2 fully saturated rings. The van der Waals surface area contributed by atoms with Gasteiger partial charge in [0.15, 0.2) is 0 Å². The number of amides is 2. The van der Waals surface area contributed by atoms with Crippen molar-refractivity contribution in [1.29, 1.82) is 0 Å². The highest BCUT2D eigenvalue weighted by atomic mass is 19.4. The van der Waals surface area contributed by atoms with Gasteiger partial charge in [-0.25, -0.2) is 4.79 Å². The van der Waals surface area contributed by atoms with Gasteiger partial charge in [0.2, 0.25) is 0 Å². The summed E-state index contributed by atoms with van der Waals surface area (Å²) in [5.41, 5.74) is 0.0827. The average molecular weight is 426 g/mol. The summed E-state index contributed by atoms with van der Waals surface area (Å²) < 4.78 is 44.0. The van der Waals surface area contributed by atoms with E-state index in [-0.39, 0.29) is 29.6 Å². The molecule has 0 N–H and O–H groups in total. The molecule has 2 heterocycles. The molecule has 0 spiro atoms. The Balaban J connectivity index is 1.78. The summed E-state index contributed by atoms with van der Waals surface area (Å²) in [6.45, 7) is 6.68. The van der Waals surface area contributed by atoms with E-state index in [0.717, 1.165) is 17.7 Å². The molecule has 166 valence electrons. The molecule has 2 atom stereocenters. The van der Waals surface area contributed by atoms with E-state index in [1.165, 1.54) is 12.1 Å². The van der Waals surface area contributed by atoms with Crippen LogP contribution < -0.4 is 0 Å². The van der Waals surface area contributed by atoms with E-state index in [0.29, 0.717) is 52.2 Å². The minimum atomic E-state index is -4.38. The summed E-state index contributed by atoms with van der Waals surface area (Å²) in [7, 11) is 0. The van der Waals surface area contributed by atoms with E-state index < -0.39 is 11.7 Å². The van der Waals surface area contributed by atoms with E-state index in [1.54, 1.807) is 9.80 Å². The summed E-state index contributed by atoms with van der Waals surface area (Å²) in [6.07, 6.45) is -3.33. The predicted molar refractivity (Wildman–Crippen MR) is 106 cm³/mol. The van der Waals surface area contributed by atoms with E-state index >= 15 is 0 Å². The Kier molecular flexibility index (Phi) is 7.06. The lowest BCUT2D eigenvalue weighted by Crippen LogP contribution is -2.52. The van der Waals surface area contributed by atoms with Crippen LogP contribution in [0.5, 0.6) is 0 Å². The highest BCUT2D eigenvalue weighted by Gasteiger charge is 2.35. The summed E-state index contributed by atoms with van der Waals surface area (Å²) in [6, 6.07) is 5.09. The van der Waals surface area contributed by atoms with E-state index in [4.69, 9.17) is 4.74 Å². The van der Waals surface area contributed by atoms with Crippen molar-refractivity contribution in [3.8, 4) is 0 Å². The molecule has 0 bridgehead atoms. The lowest BCUT2D eigenvalue weighted by atomic mass is 9.81. The summed E-state index contributed by atoms with van der Waals surface area (Å²) >= 11 is 0. The van der Waals surface area contributed by atoms with Gasteiger partial charge in [0.05, 0.1) is 18.8 Å². The maximum Gasteiger partial charge on any atom is 0.416 e. The largest absolute Gasteiger partial charge is 0.416 e. The Hall–Kier alpha value is -2.09. The van der Waals surface area contributed by atoms with Crippen LogP contribution in [0, 0.1) is 11.8 Å². The molecule has 0 aliphatic carbocycles. The fourth-order valence-corrected chi connectivity index (χ4v) is 4.17. The maximum absolute atomic E-state index is 13.0. The molecular weight excluding hydrogens is 397 g/mol. The number of morpholine rings is 1. The quantitative estimate of drug-likeness (QED) is 0.726. The number of Topliss-reactive ketones (excluding diaryl/α,β-unsaturated/α-hetero) is 1. The number of nitrogens with zero attached hydrogens (tertiary/aromatic N) is 2. The Labute approximate surface area is 175 Å². The monoisotopic (exact) mass is 426 g/mol. The van der Waals surface area contributed by atoms with Crippen LogP contribution in [-0.4, -0.2) is 61.0 Å². The first-order valence-electron chi connectivity index (χ1n) is 10.5. The highest BCUT2D eigenvalue weighted by Crippen LogP contribution is 2.35. The number of halogens is 3. The van der Waals surface area contributed by atoms with Crippen LogP contribution in [0.4, 0.5) is 18.0 Å². The molecule has 3 rings (SSSR count). The molecule has 30 heavy (non-hydrogen) atoms. The van der Waals surface area contributed by atoms with Crippen molar-refractivity contribution in [3.63, 3.8) is 0 Å². The molecule has 0 radical (unpaired) electrons. The average Bonchev–Trinajstić information content (AvgIpc) is 2.73. The molecule has 2 unspecified atom stereocenters. The third kappa shape index (κ3) is 5.53. The van der Waals surface area contributed by atoms with Crippen LogP contribution in [0.25, 0.3) is 0 Å². The molecule has 8 heteroatoms. The number of carbonyl (C=O) groups is 2. The first-order chi connectivity index (χ1) is 14.1. The molecule has 0 saturated carbocycles. The number of ether oxygens (including phenoxy) is 1. The van der Waals surface area contributed by atoms with Crippen LogP contribution in [0.15, 0.2) is 24.3 Å². The van der Waals surface area contributed by atoms with Gasteiger partial charge >= 0.3 is 12.2 Å². The number of rotatable bonds is 4. The van der Waals surface area contributed by atoms with Gasteiger partial charge in [-0.2, -0.15) is 13.2 Å². The van der Waals surface area contributed by atoms with Crippen molar-refractivity contribution in [2.75, 3.05) is 39.4 Å². The number of piperidine rings is 1. The molecule has 2 aliphatic rings. The van der Waals surface area contributed by atoms with Gasteiger partial charge in [-0.05, 0) is 30.0 Å².